The van der Waals surface area contributed by atoms with E-state index in [2.05, 4.69) is 45.4 Å². The molecule has 1 fully saturated rings. The highest BCUT2D eigenvalue weighted by Gasteiger charge is 2.20. The Kier molecular flexibility index (Phi) is 9.26. The minimum atomic E-state index is 0. The van der Waals surface area contributed by atoms with Crippen LogP contribution < -0.4 is 15.5 Å². The number of aliphatic imine (C=N–C) groups is 1. The first-order valence-electron chi connectivity index (χ1n) is 9.43. The number of anilines is 1. The zero-order valence-electron chi connectivity index (χ0n) is 16.0. The van der Waals surface area contributed by atoms with Gasteiger partial charge in [-0.05, 0) is 38.3 Å². The number of piperidine rings is 1. The number of hydrogen-bond acceptors (Lipinski definition) is 5. The van der Waals surface area contributed by atoms with Gasteiger partial charge in [0.25, 0.3) is 0 Å². The summed E-state index contributed by atoms with van der Waals surface area (Å²) in [4.78, 5) is 17.3. The number of halogens is 1. The van der Waals surface area contributed by atoms with Crippen LogP contribution in [0.5, 0.6) is 0 Å². The average molecular weight is 500 g/mol. The van der Waals surface area contributed by atoms with Crippen LogP contribution in [-0.4, -0.2) is 41.6 Å². The van der Waals surface area contributed by atoms with Gasteiger partial charge in [0.05, 0.1) is 6.54 Å². The summed E-state index contributed by atoms with van der Waals surface area (Å²) in [6.45, 7) is 7.77. The summed E-state index contributed by atoms with van der Waals surface area (Å²) in [5.41, 5.74) is 0. The number of pyridine rings is 1. The largest absolute Gasteiger partial charge is 0.357 e. The minimum absolute atomic E-state index is 0. The molecule has 6 nitrogen and oxygen atoms in total. The zero-order valence-corrected chi connectivity index (χ0v) is 19.2. The predicted molar refractivity (Wildman–Crippen MR) is 124 cm³/mol. The molecule has 8 heteroatoms. The van der Waals surface area contributed by atoms with Crippen molar-refractivity contribution in [3.05, 3.63) is 40.5 Å². The van der Waals surface area contributed by atoms with E-state index in [1.165, 1.54) is 4.88 Å². The number of rotatable bonds is 6. The van der Waals surface area contributed by atoms with Crippen LogP contribution in [0.25, 0.3) is 0 Å². The summed E-state index contributed by atoms with van der Waals surface area (Å²) in [6, 6.07) is 6.53. The molecule has 0 atom stereocenters. The molecule has 0 unspecified atom stereocenters. The molecule has 0 saturated carbocycles. The number of nitrogens with zero attached hydrogens (tertiary/aromatic N) is 4. The van der Waals surface area contributed by atoms with Crippen molar-refractivity contribution in [2.45, 2.75) is 45.7 Å². The SMILES string of the molecule is CCNC(=NCc1ncc(CC)s1)NC1CCN(c2ccccn2)CC1.I. The molecule has 2 aromatic rings. The molecule has 1 aliphatic heterocycles. The third-order valence-corrected chi connectivity index (χ3v) is 5.60. The van der Waals surface area contributed by atoms with Gasteiger partial charge in [-0.15, -0.1) is 35.3 Å². The van der Waals surface area contributed by atoms with Gasteiger partial charge >= 0.3 is 0 Å². The second-order valence-corrected chi connectivity index (χ2v) is 7.56. The summed E-state index contributed by atoms with van der Waals surface area (Å²) in [5, 5.41) is 8.02. The van der Waals surface area contributed by atoms with Crippen molar-refractivity contribution in [2.24, 2.45) is 4.99 Å². The molecule has 3 heterocycles. The van der Waals surface area contributed by atoms with Crippen LogP contribution in [0.1, 0.15) is 36.6 Å². The molecule has 0 aromatic carbocycles. The number of thiazole rings is 1. The first-order chi connectivity index (χ1) is 12.8. The van der Waals surface area contributed by atoms with E-state index in [0.717, 1.165) is 55.7 Å². The number of nitrogens with one attached hydrogen (secondary N) is 2. The van der Waals surface area contributed by atoms with E-state index >= 15 is 0 Å². The first-order valence-corrected chi connectivity index (χ1v) is 10.2. The first kappa shape index (κ1) is 21.9. The molecule has 0 bridgehead atoms. The van der Waals surface area contributed by atoms with Crippen molar-refractivity contribution < 1.29 is 0 Å². The van der Waals surface area contributed by atoms with Crippen molar-refractivity contribution >= 4 is 47.1 Å². The lowest BCUT2D eigenvalue weighted by Crippen LogP contribution is -2.48. The molecule has 0 aliphatic carbocycles. The van der Waals surface area contributed by atoms with Gasteiger partial charge in [0.2, 0.25) is 0 Å². The van der Waals surface area contributed by atoms with Crippen LogP contribution in [0, 0.1) is 0 Å². The van der Waals surface area contributed by atoms with Gasteiger partial charge in [-0.3, -0.25) is 0 Å². The highest BCUT2D eigenvalue weighted by Crippen LogP contribution is 2.17. The smallest absolute Gasteiger partial charge is 0.191 e. The van der Waals surface area contributed by atoms with Gasteiger partial charge < -0.3 is 15.5 Å². The molecule has 148 valence electrons. The van der Waals surface area contributed by atoms with Crippen LogP contribution in [0.2, 0.25) is 0 Å². The highest BCUT2D eigenvalue weighted by atomic mass is 127. The maximum Gasteiger partial charge on any atom is 0.191 e. The van der Waals surface area contributed by atoms with E-state index in [9.17, 15) is 0 Å². The lowest BCUT2D eigenvalue weighted by atomic mass is 10.1. The summed E-state index contributed by atoms with van der Waals surface area (Å²) < 4.78 is 0. The van der Waals surface area contributed by atoms with Crippen molar-refractivity contribution in [2.75, 3.05) is 24.5 Å². The van der Waals surface area contributed by atoms with E-state index in [-0.39, 0.29) is 24.0 Å². The summed E-state index contributed by atoms with van der Waals surface area (Å²) >= 11 is 1.75. The number of guanidine groups is 1. The lowest BCUT2D eigenvalue weighted by Gasteiger charge is -2.33. The number of aromatic nitrogens is 2. The van der Waals surface area contributed by atoms with Crippen LogP contribution in [-0.2, 0) is 13.0 Å². The van der Waals surface area contributed by atoms with E-state index < -0.39 is 0 Å². The second-order valence-electron chi connectivity index (χ2n) is 6.36. The Morgan fingerprint density at radius 1 is 1.26 bits per heavy atom. The third kappa shape index (κ3) is 6.60. The quantitative estimate of drug-likeness (QED) is 0.362. The Morgan fingerprint density at radius 2 is 2.07 bits per heavy atom. The Labute approximate surface area is 182 Å². The maximum atomic E-state index is 4.72. The van der Waals surface area contributed by atoms with Crippen molar-refractivity contribution in [1.82, 2.24) is 20.6 Å². The number of aryl methyl sites for hydroxylation is 1. The van der Waals surface area contributed by atoms with Gasteiger partial charge in [-0.25, -0.2) is 15.0 Å². The zero-order chi connectivity index (χ0) is 18.2. The van der Waals surface area contributed by atoms with Crippen LogP contribution in [0.4, 0.5) is 5.82 Å². The monoisotopic (exact) mass is 500 g/mol. The molecule has 0 amide bonds. The lowest BCUT2D eigenvalue weighted by molar-refractivity contribution is 0.459. The molecular formula is C19H29IN6S. The predicted octanol–water partition coefficient (Wildman–Crippen LogP) is 3.44. The fourth-order valence-corrected chi connectivity index (χ4v) is 3.83. The van der Waals surface area contributed by atoms with E-state index in [4.69, 9.17) is 4.99 Å². The Hall–Kier alpha value is -1.42. The minimum Gasteiger partial charge on any atom is -0.357 e. The van der Waals surface area contributed by atoms with Gasteiger partial charge in [-0.2, -0.15) is 0 Å². The van der Waals surface area contributed by atoms with Crippen LogP contribution >= 0.6 is 35.3 Å². The highest BCUT2D eigenvalue weighted by molar-refractivity contribution is 14.0. The normalized spacial score (nSPS) is 15.3. The molecule has 3 rings (SSSR count). The molecule has 1 saturated heterocycles. The fraction of sp³-hybridized carbons (Fsp3) is 0.526. The molecule has 27 heavy (non-hydrogen) atoms. The van der Waals surface area contributed by atoms with Crippen molar-refractivity contribution in [3.63, 3.8) is 0 Å². The van der Waals surface area contributed by atoms with E-state index in [1.54, 1.807) is 11.3 Å². The topological polar surface area (TPSA) is 65.4 Å². The van der Waals surface area contributed by atoms with Gasteiger partial charge in [0, 0.05) is 42.9 Å². The summed E-state index contributed by atoms with van der Waals surface area (Å²) in [6.07, 6.45) is 7.02. The molecule has 2 aromatic heterocycles. The van der Waals surface area contributed by atoms with E-state index in [1.807, 2.05) is 24.5 Å². The molecule has 2 N–H and O–H groups in total. The van der Waals surface area contributed by atoms with Crippen molar-refractivity contribution in [1.29, 1.82) is 0 Å². The van der Waals surface area contributed by atoms with Crippen molar-refractivity contribution in [3.8, 4) is 0 Å². The van der Waals surface area contributed by atoms with Gasteiger partial charge in [-0.1, -0.05) is 13.0 Å². The van der Waals surface area contributed by atoms with E-state index in [0.29, 0.717) is 12.6 Å². The average Bonchev–Trinajstić information content (AvgIpc) is 3.16. The van der Waals surface area contributed by atoms with Gasteiger partial charge in [0.15, 0.2) is 5.96 Å². The Morgan fingerprint density at radius 3 is 2.70 bits per heavy atom. The molecule has 0 radical (unpaired) electrons. The number of hydrogen-bond donors (Lipinski definition) is 2. The maximum absolute atomic E-state index is 4.72. The summed E-state index contributed by atoms with van der Waals surface area (Å²) in [5.74, 6) is 1.96. The summed E-state index contributed by atoms with van der Waals surface area (Å²) in [7, 11) is 0. The Balaban J connectivity index is 0.00000261. The van der Waals surface area contributed by atoms with Crippen LogP contribution in [0.3, 0.4) is 0 Å². The standard InChI is InChI=1S/C19H28N6S.HI/c1-3-16-13-22-18(26-16)14-23-19(20-4-2)24-15-8-11-25(12-9-15)17-7-5-6-10-21-17;/h5-7,10,13,15H,3-4,8-9,11-12,14H2,1-2H3,(H2,20,23,24);1H. The second kappa shape index (κ2) is 11.4. The van der Waals surface area contributed by atoms with Gasteiger partial charge in [0.1, 0.15) is 10.8 Å². The fourth-order valence-electron chi connectivity index (χ4n) is 3.04. The third-order valence-electron chi connectivity index (χ3n) is 4.48. The Bertz CT molecular complexity index is 697. The molecule has 1 aliphatic rings. The molecule has 0 spiro atoms. The molecular weight excluding hydrogens is 471 g/mol. The van der Waals surface area contributed by atoms with Crippen LogP contribution in [0.15, 0.2) is 35.6 Å².